The number of amides is 1. The molecule has 4 nitrogen and oxygen atoms in total. The zero-order valence-corrected chi connectivity index (χ0v) is 12.3. The van der Waals surface area contributed by atoms with E-state index in [1.54, 1.807) is 0 Å². The van der Waals surface area contributed by atoms with Gasteiger partial charge in [-0.25, -0.2) is 0 Å². The van der Waals surface area contributed by atoms with Gasteiger partial charge in [0, 0.05) is 19.0 Å². The van der Waals surface area contributed by atoms with E-state index in [0.29, 0.717) is 17.5 Å². The van der Waals surface area contributed by atoms with Crippen LogP contribution in [0.2, 0.25) is 0 Å². The molecule has 0 bridgehead atoms. The zero-order chi connectivity index (χ0) is 13.5. The number of nitrogens with zero attached hydrogens (tertiary/aromatic N) is 1. The molecule has 0 aromatic carbocycles. The summed E-state index contributed by atoms with van der Waals surface area (Å²) in [5.74, 6) is 0.118. The monoisotopic (exact) mass is 271 g/mol. The van der Waals surface area contributed by atoms with E-state index in [0.717, 1.165) is 19.4 Å². The van der Waals surface area contributed by atoms with Gasteiger partial charge in [-0.1, -0.05) is 31.5 Å². The van der Waals surface area contributed by atoms with Crippen molar-refractivity contribution in [3.05, 3.63) is 0 Å². The lowest BCUT2D eigenvalue weighted by atomic mass is 9.95. The fraction of sp³-hybridized carbons (Fsp3) is 0.846. The van der Waals surface area contributed by atoms with Crippen molar-refractivity contribution in [3.63, 3.8) is 0 Å². The summed E-state index contributed by atoms with van der Waals surface area (Å²) in [6, 6.07) is 0.249. The number of hydrogen-bond acceptors (Lipinski definition) is 3. The second-order valence-corrected chi connectivity index (χ2v) is 5.74. The van der Waals surface area contributed by atoms with E-state index in [4.69, 9.17) is 18.0 Å². The number of carbonyl (C=O) groups excluding carboxylic acids is 1. The summed E-state index contributed by atoms with van der Waals surface area (Å²) in [5.41, 5.74) is 5.47. The van der Waals surface area contributed by atoms with Crippen molar-refractivity contribution in [1.82, 2.24) is 10.2 Å². The summed E-state index contributed by atoms with van der Waals surface area (Å²) >= 11 is 4.85. The lowest BCUT2D eigenvalue weighted by Crippen LogP contribution is -2.47. The van der Waals surface area contributed by atoms with Gasteiger partial charge in [-0.2, -0.15) is 0 Å². The van der Waals surface area contributed by atoms with E-state index in [1.165, 1.54) is 19.3 Å². The quantitative estimate of drug-likeness (QED) is 0.718. The molecule has 1 aliphatic carbocycles. The third-order valence-corrected chi connectivity index (χ3v) is 3.91. The van der Waals surface area contributed by atoms with Gasteiger partial charge in [0.05, 0.1) is 11.0 Å². The van der Waals surface area contributed by atoms with Crippen LogP contribution in [0.4, 0.5) is 0 Å². The molecule has 18 heavy (non-hydrogen) atoms. The van der Waals surface area contributed by atoms with E-state index in [2.05, 4.69) is 5.32 Å². The first kappa shape index (κ1) is 15.4. The topological polar surface area (TPSA) is 58.4 Å². The lowest BCUT2D eigenvalue weighted by molar-refractivity contribution is -0.126. The van der Waals surface area contributed by atoms with Gasteiger partial charge in [-0.3, -0.25) is 9.69 Å². The molecule has 0 aliphatic heterocycles. The number of rotatable bonds is 6. The Morgan fingerprint density at radius 1 is 1.44 bits per heavy atom. The molecule has 3 N–H and O–H groups in total. The van der Waals surface area contributed by atoms with E-state index >= 15 is 0 Å². The third kappa shape index (κ3) is 5.31. The number of likely N-dealkylation sites (N-methyl/N-ethyl adjacent to an activating group) is 1. The first-order chi connectivity index (χ1) is 8.50. The van der Waals surface area contributed by atoms with Crippen LogP contribution in [0.1, 0.15) is 45.4 Å². The summed E-state index contributed by atoms with van der Waals surface area (Å²) in [6.45, 7) is 2.66. The van der Waals surface area contributed by atoms with Crippen molar-refractivity contribution in [1.29, 1.82) is 0 Å². The molecule has 1 saturated carbocycles. The van der Waals surface area contributed by atoms with Crippen molar-refractivity contribution in [2.75, 3.05) is 13.6 Å². The number of nitrogens with one attached hydrogen (secondary N) is 1. The maximum atomic E-state index is 12.1. The Bertz CT molecular complexity index is 290. The molecular weight excluding hydrogens is 246 g/mol. The fourth-order valence-corrected chi connectivity index (χ4v) is 2.34. The highest BCUT2D eigenvalue weighted by molar-refractivity contribution is 7.80. The average molecular weight is 271 g/mol. The Morgan fingerprint density at radius 3 is 2.61 bits per heavy atom. The molecule has 104 valence electrons. The Hall–Kier alpha value is -0.680. The summed E-state index contributed by atoms with van der Waals surface area (Å²) in [6.07, 6.45) is 6.67. The molecule has 0 saturated heterocycles. The summed E-state index contributed by atoms with van der Waals surface area (Å²) in [7, 11) is 1.93. The summed E-state index contributed by atoms with van der Waals surface area (Å²) < 4.78 is 0. The first-order valence-corrected chi connectivity index (χ1v) is 7.20. The Labute approximate surface area is 115 Å². The molecule has 0 heterocycles. The third-order valence-electron chi connectivity index (χ3n) is 3.70. The van der Waals surface area contributed by atoms with Crippen molar-refractivity contribution >= 4 is 23.1 Å². The molecule has 1 atom stereocenters. The van der Waals surface area contributed by atoms with E-state index in [9.17, 15) is 4.79 Å². The first-order valence-electron chi connectivity index (χ1n) is 6.79. The lowest BCUT2D eigenvalue weighted by Gasteiger charge is -2.28. The number of thiocarbonyl (C=S) groups is 1. The van der Waals surface area contributed by atoms with Gasteiger partial charge >= 0.3 is 0 Å². The van der Waals surface area contributed by atoms with Gasteiger partial charge in [0.2, 0.25) is 5.91 Å². The summed E-state index contributed by atoms with van der Waals surface area (Å²) in [5, 5.41) is 3.14. The maximum Gasteiger partial charge on any atom is 0.237 e. The van der Waals surface area contributed by atoms with Crippen LogP contribution in [0, 0.1) is 0 Å². The minimum absolute atomic E-state index is 0.118. The van der Waals surface area contributed by atoms with Crippen molar-refractivity contribution in [2.45, 2.75) is 57.5 Å². The molecule has 1 rings (SSSR count). The van der Waals surface area contributed by atoms with Gasteiger partial charge in [-0.05, 0) is 26.8 Å². The second kappa shape index (κ2) is 7.69. The Morgan fingerprint density at radius 2 is 2.06 bits per heavy atom. The smallest absolute Gasteiger partial charge is 0.237 e. The molecule has 0 aromatic rings. The zero-order valence-electron chi connectivity index (χ0n) is 11.4. The predicted molar refractivity (Wildman–Crippen MR) is 78.5 cm³/mol. The van der Waals surface area contributed by atoms with Crippen LogP contribution in [0.3, 0.4) is 0 Å². The van der Waals surface area contributed by atoms with Crippen LogP contribution in [-0.4, -0.2) is 41.5 Å². The SMILES string of the molecule is CC(C(=O)NC1CCCCC1)N(C)CCC(N)=S. The number of nitrogens with two attached hydrogens (primary N) is 1. The van der Waals surface area contributed by atoms with Crippen LogP contribution in [-0.2, 0) is 4.79 Å². The molecule has 1 fully saturated rings. The van der Waals surface area contributed by atoms with Gasteiger partial charge < -0.3 is 11.1 Å². The standard InChI is InChI=1S/C13H25N3OS/c1-10(16(2)9-8-12(14)18)13(17)15-11-6-4-3-5-7-11/h10-11H,3-9H2,1-2H3,(H2,14,18)(H,15,17). The summed E-state index contributed by atoms with van der Waals surface area (Å²) in [4.78, 5) is 14.6. The highest BCUT2D eigenvalue weighted by Crippen LogP contribution is 2.17. The molecular formula is C13H25N3OS. The van der Waals surface area contributed by atoms with Gasteiger partial charge in [0.25, 0.3) is 0 Å². The highest BCUT2D eigenvalue weighted by atomic mass is 32.1. The van der Waals surface area contributed by atoms with Crippen LogP contribution in [0.5, 0.6) is 0 Å². The van der Waals surface area contributed by atoms with E-state index in [-0.39, 0.29) is 11.9 Å². The molecule has 5 heteroatoms. The average Bonchev–Trinajstić information content (AvgIpc) is 2.36. The van der Waals surface area contributed by atoms with E-state index in [1.807, 2.05) is 18.9 Å². The normalized spacial score (nSPS) is 18.6. The van der Waals surface area contributed by atoms with Gasteiger partial charge in [0.1, 0.15) is 0 Å². The van der Waals surface area contributed by atoms with Crippen LogP contribution in [0.15, 0.2) is 0 Å². The minimum atomic E-state index is -0.124. The molecule has 1 aliphatic rings. The maximum absolute atomic E-state index is 12.1. The molecule has 0 spiro atoms. The van der Waals surface area contributed by atoms with E-state index < -0.39 is 0 Å². The molecule has 1 unspecified atom stereocenters. The number of hydrogen-bond donors (Lipinski definition) is 2. The largest absolute Gasteiger partial charge is 0.393 e. The fourth-order valence-electron chi connectivity index (χ4n) is 2.25. The van der Waals surface area contributed by atoms with Crippen LogP contribution < -0.4 is 11.1 Å². The number of carbonyl (C=O) groups is 1. The Kier molecular flexibility index (Phi) is 6.57. The highest BCUT2D eigenvalue weighted by Gasteiger charge is 2.22. The Balaban J connectivity index is 2.32. The van der Waals surface area contributed by atoms with Crippen molar-refractivity contribution < 1.29 is 4.79 Å². The van der Waals surface area contributed by atoms with Crippen molar-refractivity contribution in [3.8, 4) is 0 Å². The molecule has 1 amide bonds. The second-order valence-electron chi connectivity index (χ2n) is 5.22. The van der Waals surface area contributed by atoms with Gasteiger partial charge in [0.15, 0.2) is 0 Å². The molecule has 0 radical (unpaired) electrons. The van der Waals surface area contributed by atoms with Crippen LogP contribution in [0.25, 0.3) is 0 Å². The van der Waals surface area contributed by atoms with Crippen LogP contribution >= 0.6 is 12.2 Å². The minimum Gasteiger partial charge on any atom is -0.393 e. The predicted octanol–water partition coefficient (Wildman–Crippen LogP) is 1.43. The molecule has 0 aromatic heterocycles. The van der Waals surface area contributed by atoms with Crippen molar-refractivity contribution in [2.24, 2.45) is 5.73 Å². The van der Waals surface area contributed by atoms with Gasteiger partial charge in [-0.15, -0.1) is 0 Å².